The van der Waals surface area contributed by atoms with E-state index < -0.39 is 10.0 Å². The summed E-state index contributed by atoms with van der Waals surface area (Å²) in [6.45, 7) is 0.196. The largest absolute Gasteiger partial charge is 0.481 e. The van der Waals surface area contributed by atoms with Gasteiger partial charge in [0.15, 0.2) is 0 Å². The van der Waals surface area contributed by atoms with E-state index in [9.17, 15) is 13.2 Å². The number of nitrogens with zero attached hydrogens (tertiary/aromatic N) is 1. The van der Waals surface area contributed by atoms with Crippen molar-refractivity contribution >= 4 is 15.9 Å². The maximum atomic E-state index is 12.2. The van der Waals surface area contributed by atoms with Gasteiger partial charge in [-0.3, -0.25) is 4.79 Å². The van der Waals surface area contributed by atoms with Crippen molar-refractivity contribution < 1.29 is 17.9 Å². The van der Waals surface area contributed by atoms with Crippen LogP contribution in [0.1, 0.15) is 15.9 Å². The quantitative estimate of drug-likeness (QED) is 0.717. The number of terminal acetylenes is 1. The second kappa shape index (κ2) is 8.28. The lowest BCUT2D eigenvalue weighted by molar-refractivity contribution is 0.0950. The number of hydrogen-bond acceptors (Lipinski definition) is 5. The Labute approximate surface area is 146 Å². The van der Waals surface area contributed by atoms with Crippen LogP contribution in [0.2, 0.25) is 0 Å². The fourth-order valence-electron chi connectivity index (χ4n) is 1.96. The van der Waals surface area contributed by atoms with Gasteiger partial charge in [0.1, 0.15) is 0 Å². The van der Waals surface area contributed by atoms with Gasteiger partial charge in [-0.1, -0.05) is 5.92 Å². The predicted octanol–water partition coefficient (Wildman–Crippen LogP) is 0.932. The monoisotopic (exact) mass is 359 g/mol. The van der Waals surface area contributed by atoms with Crippen LogP contribution >= 0.6 is 0 Å². The summed E-state index contributed by atoms with van der Waals surface area (Å²) >= 11 is 0. The lowest BCUT2D eigenvalue weighted by Gasteiger charge is -2.08. The molecule has 1 amide bonds. The standard InChI is InChI=1S/C17H17N3O4S/c1-3-9-20-25(22,23)15-6-4-14(5-7-15)17(21)19-12-13-8-10-18-16(11-13)24-2/h1,4-8,10-11,20H,9,12H2,2H3,(H,19,21). The van der Waals surface area contributed by atoms with E-state index in [1.54, 1.807) is 18.3 Å². The van der Waals surface area contributed by atoms with E-state index in [2.05, 4.69) is 20.9 Å². The molecule has 0 radical (unpaired) electrons. The van der Waals surface area contributed by atoms with Gasteiger partial charge in [-0.2, -0.15) is 4.72 Å². The molecule has 0 spiro atoms. The summed E-state index contributed by atoms with van der Waals surface area (Å²) in [5.41, 5.74) is 1.18. The van der Waals surface area contributed by atoms with E-state index >= 15 is 0 Å². The van der Waals surface area contributed by atoms with Crippen molar-refractivity contribution in [2.45, 2.75) is 11.4 Å². The number of ether oxygens (including phenoxy) is 1. The van der Waals surface area contributed by atoms with Crippen LogP contribution in [0.4, 0.5) is 0 Å². The zero-order chi connectivity index (χ0) is 18.3. The molecule has 2 N–H and O–H groups in total. The predicted molar refractivity (Wildman–Crippen MR) is 92.4 cm³/mol. The summed E-state index contributed by atoms with van der Waals surface area (Å²) in [7, 11) is -2.16. The highest BCUT2D eigenvalue weighted by molar-refractivity contribution is 7.89. The molecular formula is C17H17N3O4S. The van der Waals surface area contributed by atoms with E-state index in [-0.39, 0.29) is 17.3 Å². The van der Waals surface area contributed by atoms with Gasteiger partial charge in [0.2, 0.25) is 15.9 Å². The molecule has 0 aliphatic heterocycles. The van der Waals surface area contributed by atoms with E-state index in [0.717, 1.165) is 5.56 Å². The van der Waals surface area contributed by atoms with E-state index in [0.29, 0.717) is 18.0 Å². The third kappa shape index (κ3) is 5.04. The zero-order valence-corrected chi connectivity index (χ0v) is 14.3. The number of benzene rings is 1. The minimum Gasteiger partial charge on any atom is -0.481 e. The smallest absolute Gasteiger partial charge is 0.251 e. The number of pyridine rings is 1. The van der Waals surface area contributed by atoms with Crippen LogP contribution in [0.5, 0.6) is 5.88 Å². The summed E-state index contributed by atoms with van der Waals surface area (Å²) in [4.78, 5) is 16.2. The fourth-order valence-corrected chi connectivity index (χ4v) is 2.90. The van der Waals surface area contributed by atoms with Gasteiger partial charge in [-0.05, 0) is 35.9 Å². The number of nitrogens with one attached hydrogen (secondary N) is 2. The Morgan fingerprint density at radius 3 is 2.64 bits per heavy atom. The molecule has 1 heterocycles. The molecule has 2 aromatic rings. The molecule has 8 heteroatoms. The molecule has 1 aromatic carbocycles. The van der Waals surface area contributed by atoms with Crippen LogP contribution in [0, 0.1) is 12.3 Å². The summed E-state index contributed by atoms with van der Waals surface area (Å²) < 4.78 is 31.1. The topological polar surface area (TPSA) is 97.4 Å². The number of amides is 1. The number of rotatable bonds is 7. The second-order valence-corrected chi connectivity index (χ2v) is 6.71. The molecule has 0 aliphatic carbocycles. The molecule has 0 saturated carbocycles. The van der Waals surface area contributed by atoms with Crippen LogP contribution in [-0.2, 0) is 16.6 Å². The van der Waals surface area contributed by atoms with Gasteiger partial charge in [-0.15, -0.1) is 6.42 Å². The van der Waals surface area contributed by atoms with Gasteiger partial charge >= 0.3 is 0 Å². The van der Waals surface area contributed by atoms with Crippen LogP contribution in [0.25, 0.3) is 0 Å². The minimum absolute atomic E-state index is 0.0400. The average Bonchev–Trinajstić information content (AvgIpc) is 2.64. The Hall–Kier alpha value is -2.89. The number of aromatic nitrogens is 1. The Kier molecular flexibility index (Phi) is 6.11. The molecule has 0 saturated heterocycles. The van der Waals surface area contributed by atoms with Crippen molar-refractivity contribution in [3.63, 3.8) is 0 Å². The van der Waals surface area contributed by atoms with Gasteiger partial charge in [0.05, 0.1) is 18.6 Å². The van der Waals surface area contributed by atoms with Crippen molar-refractivity contribution in [2.75, 3.05) is 13.7 Å². The molecule has 0 atom stereocenters. The average molecular weight is 359 g/mol. The molecule has 1 aromatic heterocycles. The highest BCUT2D eigenvalue weighted by atomic mass is 32.2. The zero-order valence-electron chi connectivity index (χ0n) is 13.5. The summed E-state index contributed by atoms with van der Waals surface area (Å²) in [5.74, 6) is 2.33. The van der Waals surface area contributed by atoms with E-state index in [1.165, 1.54) is 31.4 Å². The maximum absolute atomic E-state index is 12.2. The van der Waals surface area contributed by atoms with Crippen LogP contribution < -0.4 is 14.8 Å². The van der Waals surface area contributed by atoms with Crippen LogP contribution in [0.3, 0.4) is 0 Å². The van der Waals surface area contributed by atoms with Crippen LogP contribution in [-0.4, -0.2) is 33.0 Å². The second-order valence-electron chi connectivity index (χ2n) is 4.94. The molecule has 2 rings (SSSR count). The number of hydrogen-bond donors (Lipinski definition) is 2. The third-order valence-corrected chi connectivity index (χ3v) is 4.67. The Morgan fingerprint density at radius 1 is 1.28 bits per heavy atom. The Bertz CT molecular complexity index is 887. The van der Waals surface area contributed by atoms with E-state index in [4.69, 9.17) is 11.2 Å². The Morgan fingerprint density at radius 2 is 2.00 bits per heavy atom. The van der Waals surface area contributed by atoms with Crippen molar-refractivity contribution in [1.29, 1.82) is 0 Å². The molecule has 7 nitrogen and oxygen atoms in total. The SMILES string of the molecule is C#CCNS(=O)(=O)c1ccc(C(=O)NCc2ccnc(OC)c2)cc1. The first-order chi connectivity index (χ1) is 12.0. The van der Waals surface area contributed by atoms with Gasteiger partial charge in [-0.25, -0.2) is 13.4 Å². The van der Waals surface area contributed by atoms with Crippen molar-refractivity contribution in [3.05, 3.63) is 53.7 Å². The first kappa shape index (κ1) is 18.4. The molecular weight excluding hydrogens is 342 g/mol. The number of carbonyl (C=O) groups is 1. The highest BCUT2D eigenvalue weighted by Gasteiger charge is 2.14. The minimum atomic E-state index is -3.67. The number of carbonyl (C=O) groups excluding carboxylic acids is 1. The lowest BCUT2D eigenvalue weighted by Crippen LogP contribution is -2.25. The number of methoxy groups -OCH3 is 1. The molecule has 0 aliphatic rings. The van der Waals surface area contributed by atoms with Crippen LogP contribution in [0.15, 0.2) is 47.5 Å². The normalized spacial score (nSPS) is 10.7. The van der Waals surface area contributed by atoms with Gasteiger partial charge in [0, 0.05) is 24.4 Å². The van der Waals surface area contributed by atoms with Gasteiger partial charge in [0.25, 0.3) is 5.91 Å². The summed E-state index contributed by atoms with van der Waals surface area (Å²) in [6.07, 6.45) is 6.62. The summed E-state index contributed by atoms with van der Waals surface area (Å²) in [6, 6.07) is 9.05. The van der Waals surface area contributed by atoms with Crippen molar-refractivity contribution in [3.8, 4) is 18.2 Å². The Balaban J connectivity index is 2.02. The molecule has 130 valence electrons. The third-order valence-electron chi connectivity index (χ3n) is 3.25. The lowest BCUT2D eigenvalue weighted by atomic mass is 10.2. The highest BCUT2D eigenvalue weighted by Crippen LogP contribution is 2.11. The maximum Gasteiger partial charge on any atom is 0.251 e. The molecule has 25 heavy (non-hydrogen) atoms. The molecule has 0 bridgehead atoms. The first-order valence-corrected chi connectivity index (χ1v) is 8.75. The fraction of sp³-hybridized carbons (Fsp3) is 0.176. The number of sulfonamides is 1. The van der Waals surface area contributed by atoms with Crippen molar-refractivity contribution in [1.82, 2.24) is 15.0 Å². The summed E-state index contributed by atoms with van der Waals surface area (Å²) in [5, 5.41) is 2.75. The van der Waals surface area contributed by atoms with Crippen molar-refractivity contribution in [2.24, 2.45) is 0 Å². The molecule has 0 fully saturated rings. The first-order valence-electron chi connectivity index (χ1n) is 7.26. The molecule has 0 unspecified atom stereocenters. The van der Waals surface area contributed by atoms with E-state index in [1.807, 2.05) is 0 Å². The van der Waals surface area contributed by atoms with Gasteiger partial charge < -0.3 is 10.1 Å².